The zero-order chi connectivity index (χ0) is 25.3. The van der Waals surface area contributed by atoms with Gasteiger partial charge in [0, 0.05) is 31.3 Å². The molecule has 34 heavy (non-hydrogen) atoms. The average molecular weight is 483 g/mol. The largest absolute Gasteiger partial charge is 0.488 e. The van der Waals surface area contributed by atoms with E-state index in [-0.39, 0.29) is 36.0 Å². The van der Waals surface area contributed by atoms with E-state index >= 15 is 0 Å². The summed E-state index contributed by atoms with van der Waals surface area (Å²) >= 11 is 0. The molecule has 2 aromatic heterocycles. The highest BCUT2D eigenvalue weighted by atomic mass is 19.4. The second-order valence-electron chi connectivity index (χ2n) is 7.80. The molecule has 1 atom stereocenters. The molecule has 0 aromatic carbocycles. The number of carbonyl (C=O) groups is 2. The Bertz CT molecular complexity index is 983. The van der Waals surface area contributed by atoms with E-state index in [9.17, 15) is 22.8 Å². The number of halogens is 3. The van der Waals surface area contributed by atoms with Crippen molar-refractivity contribution < 1.29 is 32.2 Å². The highest BCUT2D eigenvalue weighted by Gasteiger charge is 2.29. The molecule has 2 rings (SSSR count). The van der Waals surface area contributed by atoms with E-state index in [0.29, 0.717) is 29.8 Å². The minimum absolute atomic E-state index is 0.0494. The number of hydrogen-bond donors (Lipinski definition) is 2. The topological polar surface area (TPSA) is 102 Å². The molecule has 2 N–H and O–H groups in total. The number of nitrogens with one attached hydrogen (secondary N) is 2. The van der Waals surface area contributed by atoms with E-state index in [4.69, 9.17) is 9.47 Å². The lowest BCUT2D eigenvalue weighted by atomic mass is 10.1. The summed E-state index contributed by atoms with van der Waals surface area (Å²) in [5, 5.41) is 5.62. The van der Waals surface area contributed by atoms with Gasteiger partial charge in [0.05, 0.1) is 23.9 Å². The van der Waals surface area contributed by atoms with Crippen molar-refractivity contribution in [2.75, 3.05) is 19.8 Å². The first-order valence-electron chi connectivity index (χ1n) is 10.9. The maximum atomic E-state index is 12.9. The zero-order valence-corrected chi connectivity index (χ0v) is 19.5. The van der Waals surface area contributed by atoms with Gasteiger partial charge in [-0.2, -0.15) is 13.2 Å². The smallest absolute Gasteiger partial charge is 0.422 e. The summed E-state index contributed by atoms with van der Waals surface area (Å²) in [6, 6.07) is 4.22. The first kappa shape index (κ1) is 26.9. The fraction of sp³-hybridized carbons (Fsp3) is 0.478. The first-order chi connectivity index (χ1) is 16.0. The Kier molecular flexibility index (Phi) is 9.64. The van der Waals surface area contributed by atoms with Gasteiger partial charge in [-0.15, -0.1) is 0 Å². The van der Waals surface area contributed by atoms with Crippen molar-refractivity contribution in [3.63, 3.8) is 0 Å². The van der Waals surface area contributed by atoms with Crippen LogP contribution in [0.5, 0.6) is 11.6 Å². The highest BCUT2D eigenvalue weighted by molar-refractivity contribution is 5.95. The quantitative estimate of drug-likeness (QED) is 0.507. The van der Waals surface area contributed by atoms with Gasteiger partial charge in [-0.1, -0.05) is 13.8 Å². The van der Waals surface area contributed by atoms with E-state index in [1.54, 1.807) is 46.0 Å². The number of amides is 2. The van der Waals surface area contributed by atoms with E-state index in [0.717, 1.165) is 0 Å². The number of pyridine rings is 2. The van der Waals surface area contributed by atoms with E-state index in [1.807, 2.05) is 0 Å². The molecule has 2 aromatic rings. The molecule has 0 saturated carbocycles. The van der Waals surface area contributed by atoms with E-state index < -0.39 is 18.8 Å². The third kappa shape index (κ3) is 8.20. The second kappa shape index (κ2) is 12.2. The molecule has 0 aliphatic rings. The maximum Gasteiger partial charge on any atom is 0.422 e. The number of aromatic nitrogens is 2. The van der Waals surface area contributed by atoms with Crippen LogP contribution in [-0.4, -0.2) is 47.7 Å². The van der Waals surface area contributed by atoms with Crippen LogP contribution < -0.4 is 20.1 Å². The Balaban J connectivity index is 2.10. The van der Waals surface area contributed by atoms with Gasteiger partial charge in [-0.05, 0) is 37.6 Å². The first-order valence-corrected chi connectivity index (χ1v) is 10.9. The van der Waals surface area contributed by atoms with Crippen LogP contribution in [0, 0.1) is 5.92 Å². The maximum absolute atomic E-state index is 12.9. The summed E-state index contributed by atoms with van der Waals surface area (Å²) in [7, 11) is 0. The lowest BCUT2D eigenvalue weighted by Gasteiger charge is -2.18. The van der Waals surface area contributed by atoms with Crippen molar-refractivity contribution >= 4 is 11.8 Å². The lowest BCUT2D eigenvalue weighted by Crippen LogP contribution is -2.31. The predicted molar refractivity (Wildman–Crippen MR) is 119 cm³/mol. The van der Waals surface area contributed by atoms with Crippen LogP contribution in [0.2, 0.25) is 0 Å². The Morgan fingerprint density at radius 3 is 2.53 bits per heavy atom. The summed E-state index contributed by atoms with van der Waals surface area (Å²) in [5.74, 6) is -0.850. The summed E-state index contributed by atoms with van der Waals surface area (Å²) in [6.45, 7) is 6.01. The van der Waals surface area contributed by atoms with Crippen molar-refractivity contribution in [2.24, 2.45) is 5.92 Å². The average Bonchev–Trinajstić information content (AvgIpc) is 2.77. The van der Waals surface area contributed by atoms with Crippen molar-refractivity contribution in [3.8, 4) is 11.6 Å². The molecule has 11 heteroatoms. The summed E-state index contributed by atoms with van der Waals surface area (Å²) in [6.07, 6.45) is -1.25. The third-order valence-electron chi connectivity index (χ3n) is 4.68. The third-order valence-corrected chi connectivity index (χ3v) is 4.68. The van der Waals surface area contributed by atoms with Crippen LogP contribution in [-0.2, 0) is 11.2 Å². The zero-order valence-electron chi connectivity index (χ0n) is 19.5. The van der Waals surface area contributed by atoms with Gasteiger partial charge in [-0.25, -0.2) is 4.98 Å². The van der Waals surface area contributed by atoms with Crippen molar-refractivity contribution in [3.05, 3.63) is 47.4 Å². The van der Waals surface area contributed by atoms with Crippen LogP contribution >= 0.6 is 0 Å². The molecule has 8 nitrogen and oxygen atoms in total. The fourth-order valence-electron chi connectivity index (χ4n) is 2.91. The Labute approximate surface area is 196 Å². The monoisotopic (exact) mass is 482 g/mol. The van der Waals surface area contributed by atoms with Gasteiger partial charge in [-0.3, -0.25) is 14.6 Å². The van der Waals surface area contributed by atoms with Gasteiger partial charge >= 0.3 is 6.18 Å². The number of ether oxygens (including phenoxy) is 2. The standard InChI is InChI=1S/C23H29F3N4O4/c1-5-33-19-11-16(12-29-22(19)34-13-23(24,25)26)15(4)30-21(32)17-7-6-9-27-18(17)8-10-28-20(31)14(2)3/h6-7,9,11-12,14-15H,5,8,10,13H2,1-4H3,(H,28,31)(H,30,32). The molecule has 0 aliphatic heterocycles. The molecule has 2 heterocycles. The van der Waals surface area contributed by atoms with Gasteiger partial charge in [0.15, 0.2) is 12.4 Å². The van der Waals surface area contributed by atoms with Crippen molar-refractivity contribution in [1.82, 2.24) is 20.6 Å². The molecule has 186 valence electrons. The molecular weight excluding hydrogens is 453 g/mol. The molecule has 0 radical (unpaired) electrons. The molecule has 2 amide bonds. The Morgan fingerprint density at radius 2 is 1.88 bits per heavy atom. The second-order valence-corrected chi connectivity index (χ2v) is 7.80. The molecule has 0 fully saturated rings. The SMILES string of the molecule is CCOc1cc(C(C)NC(=O)c2cccnc2CCNC(=O)C(C)C)cnc1OCC(F)(F)F. The molecular formula is C23H29F3N4O4. The Hall–Kier alpha value is -3.37. The number of carbonyl (C=O) groups excluding carboxylic acids is 2. The molecule has 0 saturated heterocycles. The fourth-order valence-corrected chi connectivity index (χ4v) is 2.91. The molecule has 0 aliphatic carbocycles. The number of alkyl halides is 3. The van der Waals surface area contributed by atoms with Crippen LogP contribution in [0.4, 0.5) is 13.2 Å². The molecule has 1 unspecified atom stereocenters. The van der Waals surface area contributed by atoms with Gasteiger partial charge < -0.3 is 20.1 Å². The lowest BCUT2D eigenvalue weighted by molar-refractivity contribution is -0.154. The van der Waals surface area contributed by atoms with Crippen molar-refractivity contribution in [2.45, 2.75) is 46.3 Å². The summed E-state index contributed by atoms with van der Waals surface area (Å²) in [4.78, 5) is 32.9. The summed E-state index contributed by atoms with van der Waals surface area (Å²) < 4.78 is 47.6. The minimum Gasteiger partial charge on any atom is -0.488 e. The molecule has 0 spiro atoms. The van der Waals surface area contributed by atoms with E-state index in [2.05, 4.69) is 20.6 Å². The van der Waals surface area contributed by atoms with Crippen LogP contribution in [0.1, 0.15) is 55.4 Å². The summed E-state index contributed by atoms with van der Waals surface area (Å²) in [5.41, 5.74) is 1.40. The van der Waals surface area contributed by atoms with Gasteiger partial charge in [0.1, 0.15) is 0 Å². The highest BCUT2D eigenvalue weighted by Crippen LogP contribution is 2.29. The van der Waals surface area contributed by atoms with Crippen LogP contribution in [0.25, 0.3) is 0 Å². The minimum atomic E-state index is -4.51. The Morgan fingerprint density at radius 1 is 1.15 bits per heavy atom. The van der Waals surface area contributed by atoms with E-state index in [1.165, 1.54) is 12.3 Å². The van der Waals surface area contributed by atoms with Crippen LogP contribution in [0.3, 0.4) is 0 Å². The van der Waals surface area contributed by atoms with Crippen LogP contribution in [0.15, 0.2) is 30.6 Å². The molecule has 0 bridgehead atoms. The number of nitrogens with zero attached hydrogens (tertiary/aromatic N) is 2. The van der Waals surface area contributed by atoms with Gasteiger partial charge in [0.25, 0.3) is 11.8 Å². The van der Waals surface area contributed by atoms with Gasteiger partial charge in [0.2, 0.25) is 5.91 Å². The predicted octanol–water partition coefficient (Wildman–Crippen LogP) is 3.62. The normalized spacial score (nSPS) is 12.2. The van der Waals surface area contributed by atoms with Crippen molar-refractivity contribution in [1.29, 1.82) is 0 Å². The number of hydrogen-bond acceptors (Lipinski definition) is 6. The number of rotatable bonds is 11.